The van der Waals surface area contributed by atoms with Gasteiger partial charge in [-0.05, 0) is 25.1 Å². The SMILES string of the molecule is COc1ccc(OC)c(NC(=O)CN(c2cccc([N+](=O)[O-])c2C)S(C)(=O)=O)c1. The molecule has 1 amide bonds. The second kappa shape index (κ2) is 8.78. The molecule has 1 N–H and O–H groups in total. The first kappa shape index (κ1) is 22.0. The summed E-state index contributed by atoms with van der Waals surface area (Å²) in [5, 5.41) is 13.8. The van der Waals surface area contributed by atoms with E-state index in [-0.39, 0.29) is 16.9 Å². The molecule has 0 atom stereocenters. The summed E-state index contributed by atoms with van der Waals surface area (Å²) in [6.07, 6.45) is 0.921. The zero-order valence-corrected chi connectivity index (χ0v) is 17.1. The molecule has 0 radical (unpaired) electrons. The molecule has 0 aliphatic rings. The second-order valence-electron chi connectivity index (χ2n) is 6.06. The topological polar surface area (TPSA) is 128 Å². The first-order valence-corrected chi connectivity index (χ1v) is 10.2. The highest BCUT2D eigenvalue weighted by molar-refractivity contribution is 7.92. The fourth-order valence-electron chi connectivity index (χ4n) is 2.69. The van der Waals surface area contributed by atoms with Crippen molar-refractivity contribution in [2.45, 2.75) is 6.92 Å². The number of carbonyl (C=O) groups is 1. The number of hydrogen-bond donors (Lipinski definition) is 1. The molecule has 0 unspecified atom stereocenters. The van der Waals surface area contributed by atoms with E-state index in [9.17, 15) is 23.3 Å². The first-order valence-electron chi connectivity index (χ1n) is 8.32. The maximum Gasteiger partial charge on any atom is 0.274 e. The van der Waals surface area contributed by atoms with E-state index in [1.807, 2.05) is 0 Å². The summed E-state index contributed by atoms with van der Waals surface area (Å²) < 4.78 is 35.7. The van der Waals surface area contributed by atoms with E-state index in [0.29, 0.717) is 17.2 Å². The van der Waals surface area contributed by atoms with Gasteiger partial charge in [-0.15, -0.1) is 0 Å². The molecular formula is C18H21N3O7S. The van der Waals surface area contributed by atoms with Gasteiger partial charge >= 0.3 is 0 Å². The third kappa shape index (κ3) is 5.13. The van der Waals surface area contributed by atoms with Crippen LogP contribution in [0.1, 0.15) is 5.56 Å². The Morgan fingerprint density at radius 2 is 1.90 bits per heavy atom. The molecule has 0 aliphatic heterocycles. The van der Waals surface area contributed by atoms with Crippen LogP contribution < -0.4 is 19.1 Å². The number of methoxy groups -OCH3 is 2. The van der Waals surface area contributed by atoms with E-state index < -0.39 is 27.4 Å². The number of sulfonamides is 1. The molecule has 10 nitrogen and oxygen atoms in total. The minimum absolute atomic E-state index is 0.0504. The van der Waals surface area contributed by atoms with Crippen molar-refractivity contribution in [2.75, 3.05) is 36.6 Å². The molecular weight excluding hydrogens is 402 g/mol. The fraction of sp³-hybridized carbons (Fsp3) is 0.278. The van der Waals surface area contributed by atoms with Crippen LogP contribution in [0.25, 0.3) is 0 Å². The van der Waals surface area contributed by atoms with Crippen molar-refractivity contribution in [2.24, 2.45) is 0 Å². The largest absolute Gasteiger partial charge is 0.497 e. The number of nitrogens with zero attached hydrogens (tertiary/aromatic N) is 2. The Labute approximate surface area is 168 Å². The molecule has 0 aliphatic carbocycles. The van der Waals surface area contributed by atoms with Crippen LogP contribution >= 0.6 is 0 Å². The molecule has 0 saturated heterocycles. The Balaban J connectivity index is 2.37. The highest BCUT2D eigenvalue weighted by atomic mass is 32.2. The third-order valence-corrected chi connectivity index (χ3v) is 5.24. The van der Waals surface area contributed by atoms with Crippen molar-refractivity contribution in [3.63, 3.8) is 0 Å². The number of amides is 1. The van der Waals surface area contributed by atoms with Gasteiger partial charge in [-0.3, -0.25) is 19.2 Å². The smallest absolute Gasteiger partial charge is 0.274 e. The molecule has 0 spiro atoms. The van der Waals surface area contributed by atoms with Gasteiger partial charge in [0, 0.05) is 12.1 Å². The summed E-state index contributed by atoms with van der Waals surface area (Å²) in [5.74, 6) is 0.167. The standard InChI is InChI=1S/C18H21N3O7S/c1-12-15(6-5-7-16(12)21(23)24)20(29(4,25)26)11-18(22)19-14-10-13(27-2)8-9-17(14)28-3/h5-10H,11H2,1-4H3,(H,19,22). The molecule has 11 heteroatoms. The minimum atomic E-state index is -3.90. The Morgan fingerprint density at radius 1 is 1.21 bits per heavy atom. The van der Waals surface area contributed by atoms with E-state index in [1.54, 1.807) is 12.1 Å². The van der Waals surface area contributed by atoms with Crippen LogP contribution in [0.4, 0.5) is 17.1 Å². The van der Waals surface area contributed by atoms with Gasteiger partial charge in [-0.1, -0.05) is 6.07 Å². The van der Waals surface area contributed by atoms with E-state index in [4.69, 9.17) is 9.47 Å². The van der Waals surface area contributed by atoms with Crippen molar-refractivity contribution in [1.82, 2.24) is 0 Å². The average molecular weight is 423 g/mol. The first-order chi connectivity index (χ1) is 13.6. The number of carbonyl (C=O) groups excluding carboxylic acids is 1. The second-order valence-corrected chi connectivity index (χ2v) is 7.97. The van der Waals surface area contributed by atoms with Crippen LogP contribution in [-0.2, 0) is 14.8 Å². The number of anilines is 2. The van der Waals surface area contributed by atoms with Gasteiger partial charge in [0.25, 0.3) is 5.69 Å². The number of nitro benzene ring substituents is 1. The lowest BCUT2D eigenvalue weighted by molar-refractivity contribution is -0.385. The van der Waals surface area contributed by atoms with Crippen LogP contribution in [0.15, 0.2) is 36.4 Å². The van der Waals surface area contributed by atoms with Gasteiger partial charge in [0.05, 0.1) is 42.3 Å². The monoisotopic (exact) mass is 423 g/mol. The van der Waals surface area contributed by atoms with Gasteiger partial charge in [0.15, 0.2) is 0 Å². The van der Waals surface area contributed by atoms with Gasteiger partial charge in [0.2, 0.25) is 15.9 Å². The average Bonchev–Trinajstić information content (AvgIpc) is 2.65. The lowest BCUT2D eigenvalue weighted by Gasteiger charge is -2.23. The van der Waals surface area contributed by atoms with Gasteiger partial charge in [-0.2, -0.15) is 0 Å². The Bertz CT molecular complexity index is 1040. The zero-order valence-electron chi connectivity index (χ0n) is 16.3. The van der Waals surface area contributed by atoms with Crippen molar-refractivity contribution >= 4 is 33.0 Å². The molecule has 2 aromatic carbocycles. The summed E-state index contributed by atoms with van der Waals surface area (Å²) in [7, 11) is -1.02. The van der Waals surface area contributed by atoms with Crippen LogP contribution in [0, 0.1) is 17.0 Å². The number of rotatable bonds is 8. The van der Waals surface area contributed by atoms with E-state index in [1.165, 1.54) is 45.4 Å². The summed E-state index contributed by atoms with van der Waals surface area (Å²) >= 11 is 0. The number of hydrogen-bond acceptors (Lipinski definition) is 7. The van der Waals surface area contributed by atoms with Crippen molar-refractivity contribution < 1.29 is 27.6 Å². The van der Waals surface area contributed by atoms with Crippen LogP contribution in [0.5, 0.6) is 11.5 Å². The predicted molar refractivity (Wildman–Crippen MR) is 108 cm³/mol. The molecule has 0 heterocycles. The lowest BCUT2D eigenvalue weighted by atomic mass is 10.1. The van der Waals surface area contributed by atoms with Crippen LogP contribution in [0.2, 0.25) is 0 Å². The number of ether oxygens (including phenoxy) is 2. The molecule has 0 fully saturated rings. The highest BCUT2D eigenvalue weighted by Gasteiger charge is 2.26. The van der Waals surface area contributed by atoms with Gasteiger partial charge < -0.3 is 14.8 Å². The quantitative estimate of drug-likeness (QED) is 0.510. The summed E-state index contributed by atoms with van der Waals surface area (Å²) in [5.41, 5.74) is 0.233. The van der Waals surface area contributed by atoms with Gasteiger partial charge in [0.1, 0.15) is 18.0 Å². The number of nitrogens with one attached hydrogen (secondary N) is 1. The third-order valence-electron chi connectivity index (χ3n) is 4.11. The van der Waals surface area contributed by atoms with E-state index in [2.05, 4.69) is 5.32 Å². The molecule has 29 heavy (non-hydrogen) atoms. The fourth-order valence-corrected chi connectivity index (χ4v) is 3.60. The highest BCUT2D eigenvalue weighted by Crippen LogP contribution is 2.31. The Kier molecular flexibility index (Phi) is 6.64. The predicted octanol–water partition coefficient (Wildman–Crippen LogP) is 2.33. The molecule has 156 valence electrons. The van der Waals surface area contributed by atoms with Gasteiger partial charge in [-0.25, -0.2) is 8.42 Å². The Morgan fingerprint density at radius 3 is 2.45 bits per heavy atom. The van der Waals surface area contributed by atoms with Crippen molar-refractivity contribution in [3.8, 4) is 11.5 Å². The Hall–Kier alpha value is -3.34. The molecule has 0 aromatic heterocycles. The number of nitro groups is 1. The zero-order chi connectivity index (χ0) is 21.8. The number of benzene rings is 2. The molecule has 0 bridgehead atoms. The van der Waals surface area contributed by atoms with Crippen LogP contribution in [0.3, 0.4) is 0 Å². The molecule has 0 saturated carbocycles. The van der Waals surface area contributed by atoms with Crippen LogP contribution in [-0.4, -0.2) is 46.3 Å². The maximum atomic E-state index is 12.6. The normalized spacial score (nSPS) is 10.9. The maximum absolute atomic E-state index is 12.6. The molecule has 2 aromatic rings. The van der Waals surface area contributed by atoms with E-state index in [0.717, 1.165) is 10.6 Å². The lowest BCUT2D eigenvalue weighted by Crippen LogP contribution is -2.38. The summed E-state index contributed by atoms with van der Waals surface area (Å²) in [6.45, 7) is 0.843. The minimum Gasteiger partial charge on any atom is -0.497 e. The summed E-state index contributed by atoms with van der Waals surface area (Å²) in [4.78, 5) is 23.2. The summed E-state index contributed by atoms with van der Waals surface area (Å²) in [6, 6.07) is 8.79. The van der Waals surface area contributed by atoms with Crippen molar-refractivity contribution in [3.05, 3.63) is 52.1 Å². The van der Waals surface area contributed by atoms with Crippen molar-refractivity contribution in [1.29, 1.82) is 0 Å². The molecule has 2 rings (SSSR count). The van der Waals surface area contributed by atoms with E-state index >= 15 is 0 Å².